The Labute approximate surface area is 197 Å². The molecule has 0 unspecified atom stereocenters. The molecule has 4 rings (SSSR count). The summed E-state index contributed by atoms with van der Waals surface area (Å²) < 4.78 is 8.11. The zero-order valence-electron chi connectivity index (χ0n) is 20.2. The molecule has 0 N–H and O–H groups in total. The quantitative estimate of drug-likeness (QED) is 0.635. The summed E-state index contributed by atoms with van der Waals surface area (Å²) >= 11 is 0. The van der Waals surface area contributed by atoms with Crippen LogP contribution in [-0.4, -0.2) is 65.2 Å². The molecule has 10 nitrogen and oxygen atoms in total. The van der Waals surface area contributed by atoms with E-state index in [2.05, 4.69) is 0 Å². The molecule has 10 heteroatoms. The Morgan fingerprint density at radius 2 is 1.71 bits per heavy atom. The number of aromatic nitrogens is 2. The predicted octanol–water partition coefficient (Wildman–Crippen LogP) is 0.555. The number of benzene rings is 1. The maximum Gasteiger partial charge on any atom is 0.330 e. The molecule has 2 amide bonds. The van der Waals surface area contributed by atoms with Crippen LogP contribution in [0.5, 0.6) is 5.75 Å². The number of carbonyl (C=O) groups is 2. The van der Waals surface area contributed by atoms with Crippen molar-refractivity contribution in [3.05, 3.63) is 50.3 Å². The maximum atomic E-state index is 12.8. The topological polar surface area (TPSA) is 97.1 Å². The molecule has 2 aliphatic heterocycles. The summed E-state index contributed by atoms with van der Waals surface area (Å²) in [7, 11) is 3.13. The van der Waals surface area contributed by atoms with Gasteiger partial charge in [-0.1, -0.05) is 6.07 Å². The Bertz CT molecular complexity index is 1240. The zero-order chi connectivity index (χ0) is 24.6. The van der Waals surface area contributed by atoms with E-state index >= 15 is 0 Å². The highest BCUT2D eigenvalue weighted by atomic mass is 16.5. The lowest BCUT2D eigenvalue weighted by Crippen LogP contribution is -2.52. The molecule has 1 fully saturated rings. The molecule has 0 spiro atoms. The fraction of sp³-hybridized carbons (Fsp3) is 0.500. The Morgan fingerprint density at radius 3 is 2.41 bits per heavy atom. The fourth-order valence-corrected chi connectivity index (χ4v) is 4.58. The van der Waals surface area contributed by atoms with Gasteiger partial charge in [-0.15, -0.1) is 0 Å². The molecule has 2 aliphatic rings. The van der Waals surface area contributed by atoms with E-state index in [0.29, 0.717) is 62.7 Å². The minimum Gasteiger partial charge on any atom is -0.482 e. The number of hydrogen-bond donors (Lipinski definition) is 0. The first-order valence-corrected chi connectivity index (χ1v) is 11.5. The van der Waals surface area contributed by atoms with Gasteiger partial charge < -0.3 is 19.4 Å². The lowest BCUT2D eigenvalue weighted by Gasteiger charge is -2.36. The van der Waals surface area contributed by atoms with Crippen LogP contribution in [0.4, 0.5) is 11.4 Å². The predicted molar refractivity (Wildman–Crippen MR) is 129 cm³/mol. The van der Waals surface area contributed by atoms with Gasteiger partial charge in [0.05, 0.1) is 5.69 Å². The van der Waals surface area contributed by atoms with Crippen molar-refractivity contribution in [1.29, 1.82) is 0 Å². The normalized spacial score (nSPS) is 15.9. The number of amides is 2. The number of fused-ring (bicyclic) bond motifs is 1. The van der Waals surface area contributed by atoms with Crippen LogP contribution in [-0.2, 0) is 23.7 Å². The third-order valence-electron chi connectivity index (χ3n) is 6.71. The van der Waals surface area contributed by atoms with E-state index < -0.39 is 0 Å². The number of hydrogen-bond acceptors (Lipinski definition) is 6. The second-order valence-corrected chi connectivity index (χ2v) is 8.92. The third-order valence-corrected chi connectivity index (χ3v) is 6.71. The summed E-state index contributed by atoms with van der Waals surface area (Å²) in [6, 6.07) is 5.75. The van der Waals surface area contributed by atoms with Gasteiger partial charge in [0, 0.05) is 58.9 Å². The Balaban J connectivity index is 1.34. The number of carbonyl (C=O) groups excluding carboxylic acids is 2. The van der Waals surface area contributed by atoms with E-state index in [1.165, 1.54) is 11.6 Å². The maximum absolute atomic E-state index is 12.8. The lowest BCUT2D eigenvalue weighted by molar-refractivity contribution is -0.131. The molecular weight excluding hydrogens is 438 g/mol. The van der Waals surface area contributed by atoms with Gasteiger partial charge in [0.25, 0.3) is 11.5 Å². The fourth-order valence-electron chi connectivity index (χ4n) is 4.58. The number of anilines is 2. The van der Waals surface area contributed by atoms with Crippen molar-refractivity contribution in [1.82, 2.24) is 14.0 Å². The molecule has 2 aromatic rings. The number of piperazine rings is 1. The van der Waals surface area contributed by atoms with Crippen molar-refractivity contribution in [2.24, 2.45) is 14.1 Å². The minimum atomic E-state index is -0.350. The van der Waals surface area contributed by atoms with Gasteiger partial charge in [0.1, 0.15) is 11.4 Å². The lowest BCUT2D eigenvalue weighted by atomic mass is 10.1. The highest BCUT2D eigenvalue weighted by Crippen LogP contribution is 2.33. The molecular formula is C24H31N5O5. The summed E-state index contributed by atoms with van der Waals surface area (Å²) in [6.07, 6.45) is 0.894. The van der Waals surface area contributed by atoms with Crippen LogP contribution >= 0.6 is 0 Å². The molecule has 0 bridgehead atoms. The van der Waals surface area contributed by atoms with Gasteiger partial charge >= 0.3 is 5.69 Å². The largest absolute Gasteiger partial charge is 0.482 e. The van der Waals surface area contributed by atoms with E-state index in [4.69, 9.17) is 4.74 Å². The Kier molecular flexibility index (Phi) is 6.49. The number of ether oxygens (including phenoxy) is 1. The highest BCUT2D eigenvalue weighted by molar-refractivity contribution is 5.98. The molecule has 1 saturated heterocycles. The minimum absolute atomic E-state index is 0.00985. The molecule has 3 heterocycles. The van der Waals surface area contributed by atoms with Crippen molar-refractivity contribution in [3.63, 3.8) is 0 Å². The van der Waals surface area contributed by atoms with Crippen LogP contribution in [0.2, 0.25) is 0 Å². The first kappa shape index (κ1) is 23.6. The average molecular weight is 470 g/mol. The second kappa shape index (κ2) is 9.36. The Hall–Kier alpha value is -3.56. The molecule has 1 aromatic heterocycles. The van der Waals surface area contributed by atoms with Gasteiger partial charge in [0.2, 0.25) is 5.91 Å². The first-order chi connectivity index (χ1) is 16.2. The standard InChI is InChI=1S/C24H31N5O5/c1-16-7-8-19-18(14-16)29(21(31)15-34-19)9-5-6-20(30)27-10-12-28(13-11-27)22-17(2)25(3)24(33)26(4)23(22)32/h7-8,14H,5-6,9-13,15H2,1-4H3. The summed E-state index contributed by atoms with van der Waals surface area (Å²) in [4.78, 5) is 55.5. The van der Waals surface area contributed by atoms with Gasteiger partial charge in [-0.3, -0.25) is 23.5 Å². The van der Waals surface area contributed by atoms with Crippen LogP contribution in [0.15, 0.2) is 27.8 Å². The SMILES string of the molecule is Cc1ccc2c(c1)N(CCCC(=O)N1CCN(c3c(C)n(C)c(=O)n(C)c3=O)CC1)C(=O)CO2. The van der Waals surface area contributed by atoms with Gasteiger partial charge in [-0.05, 0) is 38.0 Å². The molecule has 1 aromatic carbocycles. The van der Waals surface area contributed by atoms with Gasteiger partial charge in [-0.2, -0.15) is 0 Å². The monoisotopic (exact) mass is 469 g/mol. The summed E-state index contributed by atoms with van der Waals surface area (Å²) in [5, 5.41) is 0. The van der Waals surface area contributed by atoms with Crippen molar-refractivity contribution in [3.8, 4) is 5.75 Å². The van der Waals surface area contributed by atoms with Crippen LogP contribution in [0.25, 0.3) is 0 Å². The van der Waals surface area contributed by atoms with Crippen LogP contribution in [0.1, 0.15) is 24.1 Å². The third kappa shape index (κ3) is 4.32. The van der Waals surface area contributed by atoms with E-state index in [-0.39, 0.29) is 29.7 Å². The second-order valence-electron chi connectivity index (χ2n) is 8.92. The van der Waals surface area contributed by atoms with Crippen LogP contribution < -0.4 is 25.8 Å². The summed E-state index contributed by atoms with van der Waals surface area (Å²) in [5.41, 5.74) is 2.27. The molecule has 0 atom stereocenters. The van der Waals surface area contributed by atoms with Crippen molar-refractivity contribution >= 4 is 23.2 Å². The highest BCUT2D eigenvalue weighted by Gasteiger charge is 2.27. The van der Waals surface area contributed by atoms with Crippen molar-refractivity contribution in [2.45, 2.75) is 26.7 Å². The van der Waals surface area contributed by atoms with Crippen LogP contribution in [0, 0.1) is 13.8 Å². The van der Waals surface area contributed by atoms with Crippen molar-refractivity contribution < 1.29 is 14.3 Å². The van der Waals surface area contributed by atoms with E-state index in [9.17, 15) is 19.2 Å². The number of rotatable bonds is 5. The van der Waals surface area contributed by atoms with E-state index in [0.717, 1.165) is 15.8 Å². The zero-order valence-corrected chi connectivity index (χ0v) is 20.2. The van der Waals surface area contributed by atoms with Gasteiger partial charge in [-0.25, -0.2) is 4.79 Å². The molecule has 0 radical (unpaired) electrons. The smallest absolute Gasteiger partial charge is 0.330 e. The van der Waals surface area contributed by atoms with Crippen molar-refractivity contribution in [2.75, 3.05) is 49.1 Å². The molecule has 182 valence electrons. The molecule has 0 aliphatic carbocycles. The molecule has 0 saturated carbocycles. The summed E-state index contributed by atoms with van der Waals surface area (Å²) in [5.74, 6) is 0.621. The summed E-state index contributed by atoms with van der Waals surface area (Å²) in [6.45, 7) is 6.25. The van der Waals surface area contributed by atoms with Crippen LogP contribution in [0.3, 0.4) is 0 Å². The average Bonchev–Trinajstić information content (AvgIpc) is 2.83. The van der Waals surface area contributed by atoms with E-state index in [1.807, 2.05) is 30.0 Å². The Morgan fingerprint density at radius 1 is 1.00 bits per heavy atom. The first-order valence-electron chi connectivity index (χ1n) is 11.5. The van der Waals surface area contributed by atoms with E-state index in [1.54, 1.807) is 23.8 Å². The number of aryl methyl sites for hydroxylation is 1. The molecule has 34 heavy (non-hydrogen) atoms. The number of nitrogens with zero attached hydrogens (tertiary/aromatic N) is 5. The van der Waals surface area contributed by atoms with Gasteiger partial charge in [0.15, 0.2) is 6.61 Å².